The van der Waals surface area contributed by atoms with Crippen LogP contribution in [0.25, 0.3) is 0 Å². The van der Waals surface area contributed by atoms with Crippen molar-refractivity contribution in [2.45, 2.75) is 101 Å². The van der Waals surface area contributed by atoms with Crippen LogP contribution in [-0.2, 0) is 26.3 Å². The minimum Gasteiger partial charge on any atom is -0.490 e. The first kappa shape index (κ1) is 37.4. The van der Waals surface area contributed by atoms with E-state index in [2.05, 4.69) is 65.4 Å². The standard InChI is InChI=1S/C44H60ClN3O4S/c1-28(2)37-22-36-20-34(37)24-47(36)26-44(51-5)18-7-9-29(3)30(4)53(6,50)46-42(49)32-12-16-41-40(21-32)48(23-33-11-14-39(33)44)25-43(27-52-41)17-8-10-31-19-35(45)13-15-38(31)43/h7,12-13,15-16,18-19,21,28-30,33-34,36-37,39H,6,8-11,14,17,20,22-27H2,1-5H3,(H,46,49,50)/b18-7+/t29-,30+,33-,34+,36+,37?,39+,43-,44-,53?/m0/s1. The molecule has 0 aromatic heterocycles. The summed E-state index contributed by atoms with van der Waals surface area (Å²) < 4.78 is 30.5. The summed E-state index contributed by atoms with van der Waals surface area (Å²) >= 11 is 6.53. The average Bonchev–Trinajstić information content (AvgIpc) is 3.67. The van der Waals surface area contributed by atoms with E-state index >= 15 is 0 Å². The summed E-state index contributed by atoms with van der Waals surface area (Å²) in [6.45, 7) is 13.1. The van der Waals surface area contributed by atoms with Crippen molar-refractivity contribution in [1.29, 1.82) is 0 Å². The predicted octanol–water partition coefficient (Wildman–Crippen LogP) is 7.94. The molecule has 10 atom stereocenters. The number of piperidine rings is 1. The molecule has 1 saturated heterocycles. The fourth-order valence-corrected chi connectivity index (χ4v) is 13.0. The first-order valence-corrected chi connectivity index (χ1v) is 22.4. The SMILES string of the molecule is C=S1(=O)NC(=O)c2ccc3c(c2)N(C[C@@H]2CC[C@H]2[C@](CN2C[C@H]4C[C@@H]2CC4C(C)C)(OC)/C=C/C[C@H](C)[C@H]1C)C[C@@]1(CCCc2cc(Cl)ccc21)CO3. The van der Waals surface area contributed by atoms with Gasteiger partial charge in [0.05, 0.1) is 22.0 Å². The van der Waals surface area contributed by atoms with Crippen LogP contribution in [-0.4, -0.2) is 77.7 Å². The molecular formula is C44H60ClN3O4S. The lowest BCUT2D eigenvalue weighted by Crippen LogP contribution is -2.58. The second-order valence-corrected chi connectivity index (χ2v) is 20.9. The Morgan fingerprint density at radius 2 is 1.94 bits per heavy atom. The van der Waals surface area contributed by atoms with Crippen LogP contribution in [0.1, 0.15) is 94.1 Å². The van der Waals surface area contributed by atoms with E-state index in [1.165, 1.54) is 24.0 Å². The Hall–Kier alpha value is -2.52. The molecule has 1 N–H and O–H groups in total. The number of fused-ring (bicyclic) bond motifs is 6. The molecule has 6 aliphatic rings. The third kappa shape index (κ3) is 6.76. The number of benzene rings is 2. The minimum absolute atomic E-state index is 0.0474. The summed E-state index contributed by atoms with van der Waals surface area (Å²) in [6.07, 6.45) is 13.4. The Labute approximate surface area is 323 Å². The number of allylic oxidation sites excluding steroid dienone is 1. The number of amides is 1. The van der Waals surface area contributed by atoms with Crippen molar-refractivity contribution in [2.24, 2.45) is 35.5 Å². The fourth-order valence-electron chi connectivity index (χ4n) is 11.3. The van der Waals surface area contributed by atoms with E-state index in [0.29, 0.717) is 30.0 Å². The number of rotatable bonds is 4. The largest absolute Gasteiger partial charge is 0.490 e. The molecule has 0 radical (unpaired) electrons. The lowest BCUT2D eigenvalue weighted by atomic mass is 9.63. The van der Waals surface area contributed by atoms with Gasteiger partial charge in [-0.15, -0.1) is 0 Å². The fraction of sp³-hybridized carbons (Fsp3) is 0.636. The predicted molar refractivity (Wildman–Crippen MR) is 218 cm³/mol. The molecule has 3 aliphatic heterocycles. The number of halogens is 1. The molecule has 288 valence electrons. The van der Waals surface area contributed by atoms with Gasteiger partial charge in [0.15, 0.2) is 0 Å². The van der Waals surface area contributed by atoms with Gasteiger partial charge in [-0.2, -0.15) is 0 Å². The zero-order valence-electron chi connectivity index (χ0n) is 32.5. The Morgan fingerprint density at radius 1 is 1.11 bits per heavy atom. The van der Waals surface area contributed by atoms with Gasteiger partial charge in [-0.25, -0.2) is 4.21 Å². The van der Waals surface area contributed by atoms with Gasteiger partial charge < -0.3 is 14.4 Å². The normalized spacial score (nSPS) is 39.1. The van der Waals surface area contributed by atoms with Gasteiger partial charge in [0.2, 0.25) is 0 Å². The van der Waals surface area contributed by atoms with Gasteiger partial charge in [-0.05, 0) is 141 Å². The zero-order chi connectivity index (χ0) is 37.3. The summed E-state index contributed by atoms with van der Waals surface area (Å²) in [5.41, 5.74) is 3.40. The highest BCUT2D eigenvalue weighted by Crippen LogP contribution is 2.51. The number of methoxy groups -OCH3 is 1. The number of nitrogens with one attached hydrogen (secondary N) is 1. The first-order valence-electron chi connectivity index (χ1n) is 20.3. The number of likely N-dealkylation sites (tertiary alicyclic amines) is 1. The molecule has 2 saturated carbocycles. The van der Waals surface area contributed by atoms with Gasteiger partial charge in [0, 0.05) is 60.6 Å². The van der Waals surface area contributed by atoms with E-state index in [1.807, 2.05) is 38.3 Å². The Bertz CT molecular complexity index is 1860. The van der Waals surface area contributed by atoms with Crippen molar-refractivity contribution in [1.82, 2.24) is 9.62 Å². The molecule has 2 aromatic rings. The molecule has 4 bridgehead atoms. The number of carbonyl (C=O) groups excluding carboxylic acids is 1. The molecule has 3 aliphatic carbocycles. The number of aryl methyl sites for hydroxylation is 1. The third-order valence-corrected chi connectivity index (χ3v) is 17.2. The van der Waals surface area contributed by atoms with Crippen molar-refractivity contribution in [2.75, 3.05) is 44.8 Å². The first-order chi connectivity index (χ1) is 25.3. The molecule has 1 spiro atoms. The van der Waals surface area contributed by atoms with Gasteiger partial charge in [-0.1, -0.05) is 50.6 Å². The van der Waals surface area contributed by atoms with Crippen LogP contribution in [0.2, 0.25) is 5.02 Å². The van der Waals surface area contributed by atoms with Crippen molar-refractivity contribution in [3.8, 4) is 5.75 Å². The topological polar surface area (TPSA) is 71.1 Å². The van der Waals surface area contributed by atoms with Crippen LogP contribution >= 0.6 is 11.6 Å². The van der Waals surface area contributed by atoms with E-state index < -0.39 is 15.3 Å². The van der Waals surface area contributed by atoms with Crippen LogP contribution in [0.5, 0.6) is 5.75 Å². The molecule has 9 heteroatoms. The summed E-state index contributed by atoms with van der Waals surface area (Å²) in [7, 11) is -1.02. The van der Waals surface area contributed by atoms with Crippen molar-refractivity contribution < 1.29 is 18.5 Å². The van der Waals surface area contributed by atoms with E-state index in [0.717, 1.165) is 98.9 Å². The Kier molecular flexibility index (Phi) is 10.0. The number of carbonyl (C=O) groups is 1. The highest BCUT2D eigenvalue weighted by Gasteiger charge is 2.53. The van der Waals surface area contributed by atoms with Gasteiger partial charge in [-0.3, -0.25) is 14.4 Å². The van der Waals surface area contributed by atoms with E-state index in [1.54, 1.807) is 0 Å². The number of hydrogen-bond donors (Lipinski definition) is 1. The monoisotopic (exact) mass is 761 g/mol. The average molecular weight is 763 g/mol. The number of nitrogens with zero attached hydrogens (tertiary/aromatic N) is 2. The molecule has 8 rings (SSSR count). The van der Waals surface area contributed by atoms with Gasteiger partial charge in [0.1, 0.15) is 11.4 Å². The third-order valence-electron chi connectivity index (χ3n) is 14.8. The van der Waals surface area contributed by atoms with Crippen LogP contribution in [0, 0.1) is 35.5 Å². The molecule has 53 heavy (non-hydrogen) atoms. The maximum atomic E-state index is 14.1. The smallest absolute Gasteiger partial charge is 0.262 e. The van der Waals surface area contributed by atoms with Crippen molar-refractivity contribution in [3.63, 3.8) is 0 Å². The Balaban J connectivity index is 1.19. The molecule has 3 fully saturated rings. The molecule has 2 unspecified atom stereocenters. The second kappa shape index (κ2) is 14.2. The highest BCUT2D eigenvalue weighted by molar-refractivity contribution is 7.99. The summed E-state index contributed by atoms with van der Waals surface area (Å²) in [4.78, 5) is 19.1. The van der Waals surface area contributed by atoms with Gasteiger partial charge in [0.25, 0.3) is 5.91 Å². The summed E-state index contributed by atoms with van der Waals surface area (Å²) in [5, 5.41) is 0.456. The molecule has 7 nitrogen and oxygen atoms in total. The van der Waals surface area contributed by atoms with Crippen LogP contribution in [0.4, 0.5) is 5.69 Å². The van der Waals surface area contributed by atoms with Gasteiger partial charge >= 0.3 is 0 Å². The Morgan fingerprint density at radius 3 is 2.66 bits per heavy atom. The second-order valence-electron chi connectivity index (χ2n) is 18.1. The van der Waals surface area contributed by atoms with E-state index in [-0.39, 0.29) is 22.5 Å². The number of ether oxygens (including phenoxy) is 2. The van der Waals surface area contributed by atoms with E-state index in [9.17, 15) is 9.00 Å². The number of hydrogen-bond acceptors (Lipinski definition) is 6. The summed E-state index contributed by atoms with van der Waals surface area (Å²) in [6, 6.07) is 12.7. The summed E-state index contributed by atoms with van der Waals surface area (Å²) in [5.74, 6) is 7.65. The van der Waals surface area contributed by atoms with Crippen LogP contribution in [0.15, 0.2) is 48.6 Å². The quantitative estimate of drug-likeness (QED) is 0.252. The molecular weight excluding hydrogens is 702 g/mol. The minimum atomic E-state index is -2.94. The highest BCUT2D eigenvalue weighted by atomic mass is 35.5. The molecule has 3 heterocycles. The van der Waals surface area contributed by atoms with Crippen molar-refractivity contribution >= 4 is 38.8 Å². The molecule has 2 aromatic carbocycles. The lowest BCUT2D eigenvalue weighted by Gasteiger charge is -2.52. The maximum absolute atomic E-state index is 14.1. The maximum Gasteiger partial charge on any atom is 0.262 e. The molecule has 1 amide bonds. The van der Waals surface area contributed by atoms with Crippen LogP contribution in [0.3, 0.4) is 0 Å². The van der Waals surface area contributed by atoms with Crippen LogP contribution < -0.4 is 14.4 Å². The van der Waals surface area contributed by atoms with Crippen molar-refractivity contribution in [3.05, 3.63) is 70.3 Å². The zero-order valence-corrected chi connectivity index (χ0v) is 34.0. The lowest BCUT2D eigenvalue weighted by molar-refractivity contribution is -0.0964. The van der Waals surface area contributed by atoms with E-state index in [4.69, 9.17) is 21.1 Å². The number of anilines is 1.